The van der Waals surface area contributed by atoms with Crippen molar-refractivity contribution in [1.82, 2.24) is 0 Å². The highest BCUT2D eigenvalue weighted by Crippen LogP contribution is 2.49. The van der Waals surface area contributed by atoms with E-state index in [9.17, 15) is 17.6 Å². The summed E-state index contributed by atoms with van der Waals surface area (Å²) >= 11 is 0. The van der Waals surface area contributed by atoms with Gasteiger partial charge in [0.2, 0.25) is 0 Å². The van der Waals surface area contributed by atoms with Gasteiger partial charge < -0.3 is 9.47 Å². The minimum atomic E-state index is -4.30. The minimum absolute atomic E-state index is 0.0718. The van der Waals surface area contributed by atoms with Crippen molar-refractivity contribution in [3.8, 4) is 0 Å². The van der Waals surface area contributed by atoms with E-state index in [1.807, 2.05) is 0 Å². The van der Waals surface area contributed by atoms with Crippen LogP contribution in [0.25, 0.3) is 0 Å². The monoisotopic (exact) mass is 404 g/mol. The molecule has 3 aliphatic rings. The van der Waals surface area contributed by atoms with Crippen LogP contribution in [0.15, 0.2) is 23.5 Å². The zero-order valence-electron chi connectivity index (χ0n) is 16.9. The molecular formula is C22H32F4O2. The standard InChI is InChI=1S/C22H32F4O2/c1-3-27-20-13-10-18(21(23,24)22(20,25)26)9-12-19-11-8-17(14-28-19)16-6-4-15(2)5-7-16/h10,13,15-17,19H,3-9,11-12,14H2,1-2H3. The minimum Gasteiger partial charge on any atom is -0.492 e. The van der Waals surface area contributed by atoms with E-state index in [4.69, 9.17) is 9.47 Å². The molecule has 2 atom stereocenters. The SMILES string of the molecule is CCOC1=CC=C(CCC2CCC(C3CCC(C)CC3)CO2)C(F)(F)C1(F)F. The van der Waals surface area contributed by atoms with Crippen molar-refractivity contribution < 1.29 is 27.0 Å². The molecule has 2 fully saturated rings. The molecule has 0 amide bonds. The molecule has 160 valence electrons. The maximum atomic E-state index is 14.3. The lowest BCUT2D eigenvalue weighted by atomic mass is 9.74. The first kappa shape index (κ1) is 21.7. The van der Waals surface area contributed by atoms with Crippen molar-refractivity contribution >= 4 is 0 Å². The molecule has 3 rings (SSSR count). The molecule has 6 heteroatoms. The lowest BCUT2D eigenvalue weighted by Gasteiger charge is -2.38. The Morgan fingerprint density at radius 1 is 0.964 bits per heavy atom. The fraction of sp³-hybridized carbons (Fsp3) is 0.818. The summed E-state index contributed by atoms with van der Waals surface area (Å²) in [5, 5.41) is 0. The Morgan fingerprint density at radius 3 is 2.25 bits per heavy atom. The van der Waals surface area contributed by atoms with Crippen LogP contribution in [0.3, 0.4) is 0 Å². The van der Waals surface area contributed by atoms with Gasteiger partial charge in [-0.15, -0.1) is 0 Å². The topological polar surface area (TPSA) is 18.5 Å². The Kier molecular flexibility index (Phi) is 6.78. The summed E-state index contributed by atoms with van der Waals surface area (Å²) in [4.78, 5) is 0. The average molecular weight is 404 g/mol. The van der Waals surface area contributed by atoms with Gasteiger partial charge in [0, 0.05) is 5.57 Å². The smallest absolute Gasteiger partial charge is 0.369 e. The summed E-state index contributed by atoms with van der Waals surface area (Å²) in [7, 11) is 0. The second kappa shape index (κ2) is 8.76. The van der Waals surface area contributed by atoms with E-state index in [1.54, 1.807) is 0 Å². The molecule has 0 radical (unpaired) electrons. The van der Waals surface area contributed by atoms with Gasteiger partial charge in [0.15, 0.2) is 5.76 Å². The van der Waals surface area contributed by atoms with Crippen LogP contribution in [0.4, 0.5) is 17.6 Å². The van der Waals surface area contributed by atoms with Crippen LogP contribution >= 0.6 is 0 Å². The molecular weight excluding hydrogens is 372 g/mol. The quantitative estimate of drug-likeness (QED) is 0.469. The Bertz CT molecular complexity index is 583. The van der Waals surface area contributed by atoms with Crippen LogP contribution in [0.5, 0.6) is 0 Å². The lowest BCUT2D eigenvalue weighted by Crippen LogP contribution is -2.46. The summed E-state index contributed by atoms with van der Waals surface area (Å²) in [6.07, 6.45) is 9.15. The molecule has 0 N–H and O–H groups in total. The zero-order valence-corrected chi connectivity index (χ0v) is 16.9. The number of rotatable bonds is 6. The van der Waals surface area contributed by atoms with Gasteiger partial charge in [0.25, 0.3) is 0 Å². The van der Waals surface area contributed by atoms with Gasteiger partial charge in [-0.3, -0.25) is 0 Å². The van der Waals surface area contributed by atoms with E-state index in [2.05, 4.69) is 6.92 Å². The van der Waals surface area contributed by atoms with Gasteiger partial charge in [-0.05, 0) is 69.3 Å². The normalized spacial score (nSPS) is 35.1. The Balaban J connectivity index is 1.51. The predicted octanol–water partition coefficient (Wildman–Crippen LogP) is 6.52. The first-order valence-electron chi connectivity index (χ1n) is 10.7. The van der Waals surface area contributed by atoms with Gasteiger partial charge >= 0.3 is 11.8 Å². The summed E-state index contributed by atoms with van der Waals surface area (Å²) in [6, 6.07) is 0. The highest BCUT2D eigenvalue weighted by molar-refractivity contribution is 5.35. The molecule has 0 aromatic rings. The molecule has 1 saturated carbocycles. The van der Waals surface area contributed by atoms with Gasteiger partial charge in [0.1, 0.15) is 0 Å². The molecule has 1 aliphatic heterocycles. The maximum absolute atomic E-state index is 14.3. The maximum Gasteiger partial charge on any atom is 0.369 e. The lowest BCUT2D eigenvalue weighted by molar-refractivity contribution is -0.186. The summed E-state index contributed by atoms with van der Waals surface area (Å²) in [5.74, 6) is -7.40. The van der Waals surface area contributed by atoms with Crippen molar-refractivity contribution in [2.75, 3.05) is 13.2 Å². The van der Waals surface area contributed by atoms with Crippen molar-refractivity contribution in [1.29, 1.82) is 0 Å². The van der Waals surface area contributed by atoms with Crippen LogP contribution in [0.2, 0.25) is 0 Å². The third-order valence-corrected chi connectivity index (χ3v) is 6.71. The van der Waals surface area contributed by atoms with Crippen molar-refractivity contribution in [2.45, 2.75) is 83.2 Å². The first-order chi connectivity index (χ1) is 13.3. The fourth-order valence-corrected chi connectivity index (χ4v) is 4.78. The molecule has 2 nitrogen and oxygen atoms in total. The molecule has 28 heavy (non-hydrogen) atoms. The molecule has 0 spiro atoms. The molecule has 1 saturated heterocycles. The third kappa shape index (κ3) is 4.42. The number of allylic oxidation sites excluding steroid dienone is 4. The van der Waals surface area contributed by atoms with Crippen molar-refractivity contribution in [3.05, 3.63) is 23.5 Å². The number of ether oxygens (including phenoxy) is 2. The Morgan fingerprint density at radius 2 is 1.64 bits per heavy atom. The average Bonchev–Trinajstić information content (AvgIpc) is 2.67. The molecule has 1 heterocycles. The fourth-order valence-electron chi connectivity index (χ4n) is 4.78. The van der Waals surface area contributed by atoms with E-state index in [1.165, 1.54) is 32.6 Å². The second-order valence-corrected chi connectivity index (χ2v) is 8.66. The molecule has 0 aromatic carbocycles. The Hall–Kier alpha value is -1.04. The van der Waals surface area contributed by atoms with Crippen LogP contribution in [-0.4, -0.2) is 31.2 Å². The molecule has 0 aromatic heterocycles. The highest BCUT2D eigenvalue weighted by Gasteiger charge is 2.63. The van der Waals surface area contributed by atoms with E-state index in [0.29, 0.717) is 24.9 Å². The number of halogens is 4. The van der Waals surface area contributed by atoms with E-state index < -0.39 is 23.2 Å². The summed E-state index contributed by atoms with van der Waals surface area (Å²) in [5.41, 5.74) is -0.534. The van der Waals surface area contributed by atoms with E-state index in [0.717, 1.165) is 30.9 Å². The number of hydrogen-bond donors (Lipinski definition) is 0. The third-order valence-electron chi connectivity index (χ3n) is 6.71. The number of hydrogen-bond acceptors (Lipinski definition) is 2. The summed E-state index contributed by atoms with van der Waals surface area (Å²) < 4.78 is 67.6. The number of alkyl halides is 4. The van der Waals surface area contributed by atoms with Crippen molar-refractivity contribution in [2.24, 2.45) is 17.8 Å². The van der Waals surface area contributed by atoms with Gasteiger partial charge in [-0.1, -0.05) is 25.8 Å². The molecule has 0 bridgehead atoms. The second-order valence-electron chi connectivity index (χ2n) is 8.66. The van der Waals surface area contributed by atoms with Gasteiger partial charge in [-0.2, -0.15) is 17.6 Å². The first-order valence-corrected chi connectivity index (χ1v) is 10.7. The van der Waals surface area contributed by atoms with E-state index >= 15 is 0 Å². The van der Waals surface area contributed by atoms with Crippen LogP contribution in [-0.2, 0) is 9.47 Å². The highest BCUT2D eigenvalue weighted by atomic mass is 19.3. The zero-order chi connectivity index (χ0) is 20.4. The van der Waals surface area contributed by atoms with Gasteiger partial charge in [0.05, 0.1) is 19.3 Å². The Labute approximate surface area is 165 Å². The predicted molar refractivity (Wildman–Crippen MR) is 101 cm³/mol. The van der Waals surface area contributed by atoms with E-state index in [-0.39, 0.29) is 19.1 Å². The van der Waals surface area contributed by atoms with Crippen LogP contribution < -0.4 is 0 Å². The van der Waals surface area contributed by atoms with Crippen LogP contribution in [0.1, 0.15) is 65.2 Å². The van der Waals surface area contributed by atoms with Gasteiger partial charge in [-0.25, -0.2) is 0 Å². The largest absolute Gasteiger partial charge is 0.492 e. The molecule has 2 aliphatic carbocycles. The van der Waals surface area contributed by atoms with Crippen molar-refractivity contribution in [3.63, 3.8) is 0 Å². The summed E-state index contributed by atoms with van der Waals surface area (Å²) in [6.45, 7) is 4.40. The van der Waals surface area contributed by atoms with Crippen LogP contribution in [0, 0.1) is 17.8 Å². The molecule has 2 unspecified atom stereocenters.